The number of halogens is 1. The van der Waals surface area contributed by atoms with Crippen LogP contribution < -0.4 is 14.9 Å². The zero-order valence-corrected chi connectivity index (χ0v) is 15.2. The van der Waals surface area contributed by atoms with Crippen molar-refractivity contribution >= 4 is 22.7 Å². The lowest BCUT2D eigenvalue weighted by molar-refractivity contribution is 0.310. The maximum absolute atomic E-state index is 13.0. The van der Waals surface area contributed by atoms with Gasteiger partial charge in [0.1, 0.15) is 5.82 Å². The minimum atomic E-state index is -0.268. The predicted octanol–water partition coefficient (Wildman–Crippen LogP) is 4.80. The number of nitrogens with zero attached hydrogens (tertiary/aromatic N) is 2. The summed E-state index contributed by atoms with van der Waals surface area (Å²) >= 11 is 1.42. The molecule has 2 aromatic carbocycles. The summed E-state index contributed by atoms with van der Waals surface area (Å²) < 4.78 is 24.0. The molecule has 0 fully saturated rings. The van der Waals surface area contributed by atoms with Crippen molar-refractivity contribution in [3.05, 3.63) is 59.2 Å². The van der Waals surface area contributed by atoms with E-state index in [1.165, 1.54) is 23.5 Å². The van der Waals surface area contributed by atoms with E-state index in [-0.39, 0.29) is 5.82 Å². The fourth-order valence-corrected chi connectivity index (χ4v) is 3.00. The molecule has 0 saturated heterocycles. The Hall–Kier alpha value is -2.93. The van der Waals surface area contributed by atoms with E-state index in [4.69, 9.17) is 9.47 Å². The molecule has 0 saturated carbocycles. The Morgan fingerprint density at radius 3 is 2.77 bits per heavy atom. The van der Waals surface area contributed by atoms with Crippen molar-refractivity contribution < 1.29 is 13.9 Å². The lowest BCUT2D eigenvalue weighted by Gasteiger charge is -2.11. The van der Waals surface area contributed by atoms with Gasteiger partial charge in [0.05, 0.1) is 25.6 Å². The number of hydrogen-bond donors (Lipinski definition) is 1. The van der Waals surface area contributed by atoms with Crippen LogP contribution in [-0.4, -0.2) is 24.9 Å². The SMILES string of the molecule is CCOc1c(/C=N\Nc2nc(-c3ccc(F)cc3)cs2)cccc1OC. The van der Waals surface area contributed by atoms with Crippen LogP contribution in [-0.2, 0) is 0 Å². The molecule has 0 aliphatic carbocycles. The van der Waals surface area contributed by atoms with Gasteiger partial charge in [-0.2, -0.15) is 5.10 Å². The van der Waals surface area contributed by atoms with Gasteiger partial charge < -0.3 is 9.47 Å². The molecule has 1 N–H and O–H groups in total. The second-order valence-electron chi connectivity index (χ2n) is 5.23. The average molecular weight is 371 g/mol. The van der Waals surface area contributed by atoms with Crippen LogP contribution in [0.3, 0.4) is 0 Å². The molecule has 3 aromatic rings. The summed E-state index contributed by atoms with van der Waals surface area (Å²) in [5, 5.41) is 6.76. The number of para-hydroxylation sites is 1. The van der Waals surface area contributed by atoms with Crippen LogP contribution in [0.5, 0.6) is 11.5 Å². The third-order valence-corrected chi connectivity index (χ3v) is 4.27. The monoisotopic (exact) mass is 371 g/mol. The number of aromatic nitrogens is 1. The largest absolute Gasteiger partial charge is 0.493 e. The summed E-state index contributed by atoms with van der Waals surface area (Å²) in [6.07, 6.45) is 1.66. The van der Waals surface area contributed by atoms with Crippen LogP contribution in [0.4, 0.5) is 9.52 Å². The average Bonchev–Trinajstić information content (AvgIpc) is 3.12. The number of benzene rings is 2. The maximum Gasteiger partial charge on any atom is 0.203 e. The molecule has 7 heteroatoms. The minimum absolute atomic E-state index is 0.268. The summed E-state index contributed by atoms with van der Waals surface area (Å²) in [4.78, 5) is 4.45. The van der Waals surface area contributed by atoms with Crippen molar-refractivity contribution in [1.82, 2.24) is 4.98 Å². The Bertz CT molecular complexity index is 894. The summed E-state index contributed by atoms with van der Waals surface area (Å²) in [5.74, 6) is 1.04. The normalized spacial score (nSPS) is 10.9. The van der Waals surface area contributed by atoms with Crippen LogP contribution in [0.1, 0.15) is 12.5 Å². The molecule has 0 spiro atoms. The van der Waals surface area contributed by atoms with Crippen molar-refractivity contribution in [3.8, 4) is 22.8 Å². The Balaban J connectivity index is 1.72. The van der Waals surface area contributed by atoms with E-state index in [9.17, 15) is 4.39 Å². The third kappa shape index (κ3) is 4.18. The zero-order valence-electron chi connectivity index (χ0n) is 14.4. The lowest BCUT2D eigenvalue weighted by Crippen LogP contribution is -2.00. The van der Waals surface area contributed by atoms with Gasteiger partial charge in [-0.25, -0.2) is 9.37 Å². The van der Waals surface area contributed by atoms with Crippen LogP contribution in [0.2, 0.25) is 0 Å². The standard InChI is InChI=1S/C19H18FN3O2S/c1-3-25-18-14(5-4-6-17(18)24-2)11-21-23-19-22-16(12-26-19)13-7-9-15(20)10-8-13/h4-12H,3H2,1-2H3,(H,22,23)/b21-11-. The van der Waals surface area contributed by atoms with Crippen molar-refractivity contribution in [2.45, 2.75) is 6.92 Å². The molecule has 0 radical (unpaired) electrons. The van der Waals surface area contributed by atoms with Gasteiger partial charge in [-0.1, -0.05) is 6.07 Å². The number of hydrogen-bond acceptors (Lipinski definition) is 6. The molecule has 1 aromatic heterocycles. The Labute approximate surface area is 155 Å². The van der Waals surface area contributed by atoms with Gasteiger partial charge in [0, 0.05) is 16.5 Å². The minimum Gasteiger partial charge on any atom is -0.493 e. The number of thiazole rings is 1. The first-order chi connectivity index (χ1) is 12.7. The number of nitrogens with one attached hydrogen (secondary N) is 1. The highest BCUT2D eigenvalue weighted by atomic mass is 32.1. The van der Waals surface area contributed by atoms with E-state index >= 15 is 0 Å². The van der Waals surface area contributed by atoms with Crippen molar-refractivity contribution in [2.24, 2.45) is 5.10 Å². The summed E-state index contributed by atoms with van der Waals surface area (Å²) in [6.45, 7) is 2.44. The third-order valence-electron chi connectivity index (χ3n) is 3.53. The number of hydrazone groups is 1. The molecule has 3 rings (SSSR count). The molecule has 0 aliphatic rings. The first-order valence-electron chi connectivity index (χ1n) is 8.01. The summed E-state index contributed by atoms with van der Waals surface area (Å²) in [5.41, 5.74) is 5.33. The molecule has 0 amide bonds. The highest BCUT2D eigenvalue weighted by Gasteiger charge is 2.08. The quantitative estimate of drug-likeness (QED) is 0.479. The maximum atomic E-state index is 13.0. The Kier molecular flexibility index (Phi) is 5.80. The second-order valence-corrected chi connectivity index (χ2v) is 6.08. The number of rotatable bonds is 7. The van der Waals surface area contributed by atoms with E-state index in [0.29, 0.717) is 23.2 Å². The van der Waals surface area contributed by atoms with Gasteiger partial charge in [0.25, 0.3) is 0 Å². The summed E-state index contributed by atoms with van der Waals surface area (Å²) in [7, 11) is 1.60. The molecule has 0 atom stereocenters. The molecule has 0 unspecified atom stereocenters. The Morgan fingerprint density at radius 2 is 2.04 bits per heavy atom. The molecular weight excluding hydrogens is 353 g/mol. The van der Waals surface area contributed by atoms with Crippen LogP contribution >= 0.6 is 11.3 Å². The van der Waals surface area contributed by atoms with Gasteiger partial charge >= 0.3 is 0 Å². The fraction of sp³-hybridized carbons (Fsp3) is 0.158. The van der Waals surface area contributed by atoms with Crippen molar-refractivity contribution in [1.29, 1.82) is 0 Å². The van der Waals surface area contributed by atoms with Crippen LogP contribution in [0, 0.1) is 5.82 Å². The van der Waals surface area contributed by atoms with Crippen molar-refractivity contribution in [2.75, 3.05) is 19.1 Å². The van der Waals surface area contributed by atoms with E-state index in [1.54, 1.807) is 25.5 Å². The lowest BCUT2D eigenvalue weighted by atomic mass is 10.2. The van der Waals surface area contributed by atoms with Gasteiger partial charge in [-0.05, 0) is 43.3 Å². The highest BCUT2D eigenvalue weighted by Crippen LogP contribution is 2.30. The topological polar surface area (TPSA) is 55.7 Å². The Morgan fingerprint density at radius 1 is 1.23 bits per heavy atom. The second kappa shape index (κ2) is 8.44. The van der Waals surface area contributed by atoms with Crippen LogP contribution in [0.25, 0.3) is 11.3 Å². The van der Waals surface area contributed by atoms with E-state index in [2.05, 4.69) is 15.5 Å². The zero-order chi connectivity index (χ0) is 18.4. The van der Waals surface area contributed by atoms with Crippen molar-refractivity contribution in [3.63, 3.8) is 0 Å². The molecular formula is C19H18FN3O2S. The molecule has 1 heterocycles. The van der Waals surface area contributed by atoms with Gasteiger partial charge in [0.2, 0.25) is 5.13 Å². The number of methoxy groups -OCH3 is 1. The van der Waals surface area contributed by atoms with Gasteiger partial charge in [-0.3, -0.25) is 5.43 Å². The first-order valence-corrected chi connectivity index (χ1v) is 8.89. The van der Waals surface area contributed by atoms with E-state index in [0.717, 1.165) is 16.8 Å². The molecule has 134 valence electrons. The van der Waals surface area contributed by atoms with E-state index < -0.39 is 0 Å². The number of ether oxygens (including phenoxy) is 2. The molecule has 26 heavy (non-hydrogen) atoms. The van der Waals surface area contributed by atoms with E-state index in [1.807, 2.05) is 30.5 Å². The molecule has 5 nitrogen and oxygen atoms in total. The van der Waals surface area contributed by atoms with Gasteiger partial charge in [-0.15, -0.1) is 11.3 Å². The molecule has 0 bridgehead atoms. The number of anilines is 1. The van der Waals surface area contributed by atoms with Crippen LogP contribution in [0.15, 0.2) is 52.9 Å². The fourth-order valence-electron chi connectivity index (χ4n) is 2.33. The smallest absolute Gasteiger partial charge is 0.203 e. The first kappa shape index (κ1) is 17.9. The molecule has 0 aliphatic heterocycles. The van der Waals surface area contributed by atoms with Gasteiger partial charge in [0.15, 0.2) is 11.5 Å². The highest BCUT2D eigenvalue weighted by molar-refractivity contribution is 7.14. The predicted molar refractivity (Wildman–Crippen MR) is 103 cm³/mol. The summed E-state index contributed by atoms with van der Waals surface area (Å²) in [6, 6.07) is 11.8.